The van der Waals surface area contributed by atoms with Gasteiger partial charge in [-0.3, -0.25) is 14.9 Å². The highest BCUT2D eigenvalue weighted by Gasteiger charge is 2.22. The number of hydrogen-bond donors (Lipinski definition) is 1. The van der Waals surface area contributed by atoms with Crippen molar-refractivity contribution in [3.8, 4) is 0 Å². The Balaban J connectivity index is 1.98. The monoisotopic (exact) mass is 305 g/mol. The molecule has 1 atom stereocenters. The van der Waals surface area contributed by atoms with Gasteiger partial charge in [-0.05, 0) is 50.9 Å². The highest BCUT2D eigenvalue weighted by atomic mass is 16.6. The number of likely N-dealkylation sites (tertiary alicyclic amines) is 1. The van der Waals surface area contributed by atoms with E-state index in [9.17, 15) is 14.9 Å². The summed E-state index contributed by atoms with van der Waals surface area (Å²) in [5, 5.41) is 14.2. The maximum atomic E-state index is 11.6. The molecule has 6 nitrogen and oxygen atoms in total. The predicted molar refractivity (Wildman–Crippen MR) is 86.4 cm³/mol. The number of carbonyl (C=O) groups is 1. The van der Waals surface area contributed by atoms with Crippen molar-refractivity contribution in [2.45, 2.75) is 26.7 Å². The molecule has 1 aromatic rings. The van der Waals surface area contributed by atoms with Crippen LogP contribution in [-0.2, 0) is 0 Å². The zero-order valence-corrected chi connectivity index (χ0v) is 13.2. The molecule has 0 bridgehead atoms. The van der Waals surface area contributed by atoms with E-state index in [1.807, 2.05) is 0 Å². The molecule has 2 rings (SSSR count). The van der Waals surface area contributed by atoms with Gasteiger partial charge in [0.1, 0.15) is 0 Å². The van der Waals surface area contributed by atoms with Gasteiger partial charge in [0.15, 0.2) is 5.78 Å². The molecular formula is C16H23N3O3. The number of anilines is 1. The summed E-state index contributed by atoms with van der Waals surface area (Å²) in [5.74, 6) is 0.299. The Morgan fingerprint density at radius 3 is 2.91 bits per heavy atom. The summed E-state index contributed by atoms with van der Waals surface area (Å²) in [5.41, 5.74) is 0.798. The van der Waals surface area contributed by atoms with Crippen LogP contribution in [0.4, 0.5) is 11.4 Å². The van der Waals surface area contributed by atoms with Gasteiger partial charge in [0, 0.05) is 24.8 Å². The lowest BCUT2D eigenvalue weighted by Crippen LogP contribution is -2.23. The van der Waals surface area contributed by atoms with E-state index in [-0.39, 0.29) is 17.0 Å². The van der Waals surface area contributed by atoms with Crippen LogP contribution >= 0.6 is 0 Å². The van der Waals surface area contributed by atoms with Crippen LogP contribution in [0.5, 0.6) is 0 Å². The number of benzene rings is 1. The van der Waals surface area contributed by atoms with Gasteiger partial charge in [-0.15, -0.1) is 0 Å². The summed E-state index contributed by atoms with van der Waals surface area (Å²) in [6.07, 6.45) is 2.34. The van der Waals surface area contributed by atoms with E-state index in [1.165, 1.54) is 25.8 Å². The second kappa shape index (κ2) is 7.35. The average molecular weight is 305 g/mol. The van der Waals surface area contributed by atoms with Crippen LogP contribution in [0.25, 0.3) is 0 Å². The molecule has 0 aromatic heterocycles. The molecule has 1 fully saturated rings. The fourth-order valence-electron chi connectivity index (χ4n) is 2.95. The summed E-state index contributed by atoms with van der Waals surface area (Å²) < 4.78 is 0. The number of hydrogen-bond acceptors (Lipinski definition) is 5. The molecule has 0 radical (unpaired) electrons. The normalized spacial score (nSPS) is 18.4. The molecule has 0 aliphatic carbocycles. The van der Waals surface area contributed by atoms with Crippen molar-refractivity contribution in [2.24, 2.45) is 5.92 Å². The van der Waals surface area contributed by atoms with Crippen molar-refractivity contribution in [2.75, 3.05) is 31.5 Å². The van der Waals surface area contributed by atoms with Crippen LogP contribution < -0.4 is 5.32 Å². The van der Waals surface area contributed by atoms with E-state index in [1.54, 1.807) is 12.1 Å². The van der Waals surface area contributed by atoms with Crippen LogP contribution in [0.15, 0.2) is 18.2 Å². The van der Waals surface area contributed by atoms with E-state index in [2.05, 4.69) is 17.1 Å². The summed E-state index contributed by atoms with van der Waals surface area (Å²) in [4.78, 5) is 24.4. The van der Waals surface area contributed by atoms with Gasteiger partial charge in [0.05, 0.1) is 10.5 Å². The Hall–Kier alpha value is -1.95. The second-order valence-corrected chi connectivity index (χ2v) is 5.88. The number of nitrogens with one attached hydrogen (secondary N) is 1. The lowest BCUT2D eigenvalue weighted by Gasteiger charge is -2.15. The molecule has 120 valence electrons. The standard InChI is InChI=1S/C16H23N3O3/c1-3-7-18-8-6-13(11-18)10-17-14-4-5-16(19(21)22)15(9-14)12(2)20/h4-5,9,13,17H,3,6-8,10-11H2,1-2H3/t13-/m0/s1. The van der Waals surface area contributed by atoms with E-state index < -0.39 is 4.92 Å². The molecular weight excluding hydrogens is 282 g/mol. The SMILES string of the molecule is CCCN1CC[C@@H](CNc2ccc([N+](=O)[O-])c(C(C)=O)c2)C1. The van der Waals surface area contributed by atoms with Gasteiger partial charge in [0.2, 0.25) is 0 Å². The number of nitrogens with zero attached hydrogens (tertiary/aromatic N) is 2. The maximum Gasteiger partial charge on any atom is 0.280 e. The Kier molecular flexibility index (Phi) is 5.49. The Morgan fingerprint density at radius 2 is 2.27 bits per heavy atom. The molecule has 1 aromatic carbocycles. The molecule has 0 amide bonds. The molecule has 0 unspecified atom stereocenters. The van der Waals surface area contributed by atoms with Crippen LogP contribution in [0.3, 0.4) is 0 Å². The maximum absolute atomic E-state index is 11.6. The van der Waals surface area contributed by atoms with Crippen molar-refractivity contribution in [3.63, 3.8) is 0 Å². The Labute approximate surface area is 130 Å². The Morgan fingerprint density at radius 1 is 1.50 bits per heavy atom. The zero-order valence-electron chi connectivity index (χ0n) is 13.2. The van der Waals surface area contributed by atoms with Crippen LogP contribution in [-0.4, -0.2) is 41.8 Å². The third-order valence-electron chi connectivity index (χ3n) is 4.08. The fourth-order valence-corrected chi connectivity index (χ4v) is 2.95. The molecule has 6 heteroatoms. The zero-order chi connectivity index (χ0) is 16.1. The second-order valence-electron chi connectivity index (χ2n) is 5.88. The number of carbonyl (C=O) groups excluding carboxylic acids is 1. The lowest BCUT2D eigenvalue weighted by atomic mass is 10.1. The lowest BCUT2D eigenvalue weighted by molar-refractivity contribution is -0.385. The molecule has 22 heavy (non-hydrogen) atoms. The van der Waals surface area contributed by atoms with Crippen LogP contribution in [0.2, 0.25) is 0 Å². The van der Waals surface area contributed by atoms with Crippen molar-refractivity contribution in [3.05, 3.63) is 33.9 Å². The van der Waals surface area contributed by atoms with Crippen LogP contribution in [0, 0.1) is 16.0 Å². The molecule has 1 N–H and O–H groups in total. The number of Topliss-reactive ketones (excluding diaryl/α,β-unsaturated/α-hetero) is 1. The number of nitro benzene ring substituents is 1. The fraction of sp³-hybridized carbons (Fsp3) is 0.562. The molecule has 1 saturated heterocycles. The number of ketones is 1. The number of nitro groups is 1. The van der Waals surface area contributed by atoms with Crippen molar-refractivity contribution in [1.82, 2.24) is 4.90 Å². The molecule has 1 aliphatic rings. The summed E-state index contributed by atoms with van der Waals surface area (Å²) >= 11 is 0. The third-order valence-corrected chi connectivity index (χ3v) is 4.08. The van der Waals surface area contributed by atoms with Crippen LogP contribution in [0.1, 0.15) is 37.0 Å². The van der Waals surface area contributed by atoms with E-state index in [4.69, 9.17) is 0 Å². The first-order valence-electron chi connectivity index (χ1n) is 7.77. The molecule has 0 spiro atoms. The van der Waals surface area contributed by atoms with Crippen molar-refractivity contribution in [1.29, 1.82) is 0 Å². The van der Waals surface area contributed by atoms with E-state index in [0.29, 0.717) is 5.92 Å². The molecule has 0 saturated carbocycles. The predicted octanol–water partition coefficient (Wildman–Crippen LogP) is 2.94. The van der Waals surface area contributed by atoms with Gasteiger partial charge in [-0.25, -0.2) is 0 Å². The summed E-state index contributed by atoms with van der Waals surface area (Å²) in [7, 11) is 0. The highest BCUT2D eigenvalue weighted by molar-refractivity contribution is 5.99. The van der Waals surface area contributed by atoms with Crippen molar-refractivity contribution >= 4 is 17.2 Å². The minimum atomic E-state index is -0.514. The topological polar surface area (TPSA) is 75.5 Å². The third kappa shape index (κ3) is 4.04. The van der Waals surface area contributed by atoms with Crippen molar-refractivity contribution < 1.29 is 9.72 Å². The minimum Gasteiger partial charge on any atom is -0.385 e. The van der Waals surface area contributed by atoms with Gasteiger partial charge >= 0.3 is 0 Å². The largest absolute Gasteiger partial charge is 0.385 e. The van der Waals surface area contributed by atoms with E-state index in [0.717, 1.165) is 31.9 Å². The van der Waals surface area contributed by atoms with E-state index >= 15 is 0 Å². The first-order valence-corrected chi connectivity index (χ1v) is 7.77. The van der Waals surface area contributed by atoms with Gasteiger partial charge in [0.25, 0.3) is 5.69 Å². The summed E-state index contributed by atoms with van der Waals surface area (Å²) in [6.45, 7) is 7.74. The summed E-state index contributed by atoms with van der Waals surface area (Å²) in [6, 6.07) is 4.65. The Bertz CT molecular complexity index is 560. The number of rotatable bonds is 7. The first-order chi connectivity index (χ1) is 10.5. The first kappa shape index (κ1) is 16.4. The van der Waals surface area contributed by atoms with Gasteiger partial charge < -0.3 is 10.2 Å². The molecule has 1 heterocycles. The van der Waals surface area contributed by atoms with Gasteiger partial charge in [-0.1, -0.05) is 6.92 Å². The van der Waals surface area contributed by atoms with Gasteiger partial charge in [-0.2, -0.15) is 0 Å². The average Bonchev–Trinajstić information content (AvgIpc) is 2.92. The smallest absolute Gasteiger partial charge is 0.280 e. The molecule has 1 aliphatic heterocycles. The quantitative estimate of drug-likeness (QED) is 0.476. The minimum absolute atomic E-state index is 0.131. The highest BCUT2D eigenvalue weighted by Crippen LogP contribution is 2.24.